The Kier molecular flexibility index (Phi) is 3.19. The zero-order valence-corrected chi connectivity index (χ0v) is 9.40. The molecular weight excluding hydrogens is 204 g/mol. The number of carbonyl (C=O) groups is 1. The maximum absolute atomic E-state index is 12.1. The number of hydrogen-bond acceptors (Lipinski definition) is 3. The highest BCUT2D eigenvalue weighted by Gasteiger charge is 2.22. The van der Waals surface area contributed by atoms with Crippen LogP contribution >= 0.6 is 0 Å². The van der Waals surface area contributed by atoms with E-state index in [1.54, 1.807) is 19.3 Å². The van der Waals surface area contributed by atoms with E-state index in [0.717, 1.165) is 25.9 Å². The molecule has 0 amide bonds. The Bertz CT molecular complexity index is 445. The number of ketones is 1. The lowest BCUT2D eigenvalue weighted by Gasteiger charge is -2.21. The standard InChI is InChI=1S/C12H16N2O2/c1-14-7-4-10(8-11(14)15)12(16)9-2-5-13-6-3-9/h4,7-9,13H,2-3,5-6H2,1H3. The molecule has 0 atom stereocenters. The summed E-state index contributed by atoms with van der Waals surface area (Å²) in [5.41, 5.74) is 0.426. The maximum atomic E-state index is 12.1. The molecule has 1 aliphatic rings. The Balaban J connectivity index is 2.19. The van der Waals surface area contributed by atoms with E-state index in [0.29, 0.717) is 5.56 Å². The number of hydrogen-bond donors (Lipinski definition) is 1. The number of aryl methyl sites for hydroxylation is 1. The highest BCUT2D eigenvalue weighted by Crippen LogP contribution is 2.17. The Labute approximate surface area is 94.3 Å². The monoisotopic (exact) mass is 220 g/mol. The van der Waals surface area contributed by atoms with Gasteiger partial charge in [0.2, 0.25) is 0 Å². The Morgan fingerprint density at radius 1 is 1.44 bits per heavy atom. The van der Waals surface area contributed by atoms with E-state index in [1.165, 1.54) is 10.6 Å². The van der Waals surface area contributed by atoms with Crippen molar-refractivity contribution in [3.05, 3.63) is 34.2 Å². The third kappa shape index (κ3) is 2.22. The van der Waals surface area contributed by atoms with Gasteiger partial charge in [-0.1, -0.05) is 0 Å². The van der Waals surface area contributed by atoms with E-state index in [-0.39, 0.29) is 17.3 Å². The van der Waals surface area contributed by atoms with Crippen LogP contribution in [0.4, 0.5) is 0 Å². The van der Waals surface area contributed by atoms with Crippen molar-refractivity contribution >= 4 is 5.78 Å². The minimum absolute atomic E-state index is 0.0772. The van der Waals surface area contributed by atoms with Crippen LogP contribution in [0.1, 0.15) is 23.2 Å². The molecule has 2 heterocycles. The number of Topliss-reactive ketones (excluding diaryl/α,β-unsaturated/α-hetero) is 1. The predicted molar refractivity (Wildman–Crippen MR) is 61.6 cm³/mol. The number of nitrogens with one attached hydrogen (secondary N) is 1. The van der Waals surface area contributed by atoms with Gasteiger partial charge in [-0.05, 0) is 32.0 Å². The van der Waals surface area contributed by atoms with Crippen LogP contribution in [0.5, 0.6) is 0 Å². The lowest BCUT2D eigenvalue weighted by molar-refractivity contribution is 0.0895. The summed E-state index contributed by atoms with van der Waals surface area (Å²) in [6.45, 7) is 1.78. The van der Waals surface area contributed by atoms with Gasteiger partial charge in [0.15, 0.2) is 5.78 Å². The van der Waals surface area contributed by atoms with Crippen molar-refractivity contribution in [1.29, 1.82) is 0 Å². The van der Waals surface area contributed by atoms with Crippen molar-refractivity contribution in [3.8, 4) is 0 Å². The average Bonchev–Trinajstić information content (AvgIpc) is 2.33. The van der Waals surface area contributed by atoms with Crippen molar-refractivity contribution in [2.24, 2.45) is 13.0 Å². The first kappa shape index (κ1) is 11.1. The molecule has 4 nitrogen and oxygen atoms in total. The second kappa shape index (κ2) is 4.61. The van der Waals surface area contributed by atoms with Crippen molar-refractivity contribution in [2.75, 3.05) is 13.1 Å². The summed E-state index contributed by atoms with van der Waals surface area (Å²) in [6, 6.07) is 3.16. The highest BCUT2D eigenvalue weighted by atomic mass is 16.1. The van der Waals surface area contributed by atoms with Gasteiger partial charge in [0.1, 0.15) is 0 Å². The Morgan fingerprint density at radius 2 is 2.12 bits per heavy atom. The number of rotatable bonds is 2. The quantitative estimate of drug-likeness (QED) is 0.741. The average molecular weight is 220 g/mol. The lowest BCUT2D eigenvalue weighted by atomic mass is 9.90. The number of carbonyl (C=O) groups excluding carboxylic acids is 1. The SMILES string of the molecule is Cn1ccc(C(=O)C2CCNCC2)cc1=O. The van der Waals surface area contributed by atoms with E-state index in [2.05, 4.69) is 5.32 Å². The number of nitrogens with zero attached hydrogens (tertiary/aromatic N) is 1. The lowest BCUT2D eigenvalue weighted by Crippen LogP contribution is -2.32. The summed E-state index contributed by atoms with van der Waals surface area (Å²) in [6.07, 6.45) is 3.39. The molecule has 0 radical (unpaired) electrons. The van der Waals surface area contributed by atoms with Crippen LogP contribution in [-0.4, -0.2) is 23.4 Å². The van der Waals surface area contributed by atoms with E-state index < -0.39 is 0 Å². The van der Waals surface area contributed by atoms with Gasteiger partial charge < -0.3 is 9.88 Å². The van der Waals surface area contributed by atoms with Gasteiger partial charge in [0, 0.05) is 30.8 Å². The largest absolute Gasteiger partial charge is 0.319 e. The van der Waals surface area contributed by atoms with E-state index >= 15 is 0 Å². The molecule has 1 saturated heterocycles. The third-order valence-corrected chi connectivity index (χ3v) is 3.10. The van der Waals surface area contributed by atoms with Gasteiger partial charge in [-0.2, -0.15) is 0 Å². The molecule has 1 aromatic heterocycles. The molecule has 16 heavy (non-hydrogen) atoms. The molecule has 4 heteroatoms. The van der Waals surface area contributed by atoms with Crippen LogP contribution in [0.15, 0.2) is 23.1 Å². The molecule has 2 rings (SSSR count). The summed E-state index contributed by atoms with van der Waals surface area (Å²) >= 11 is 0. The molecule has 0 saturated carbocycles. The van der Waals surface area contributed by atoms with Crippen LogP contribution in [0, 0.1) is 5.92 Å². The van der Waals surface area contributed by atoms with Crippen LogP contribution in [0.3, 0.4) is 0 Å². The van der Waals surface area contributed by atoms with Gasteiger partial charge in [0.25, 0.3) is 5.56 Å². The Hall–Kier alpha value is -1.42. The maximum Gasteiger partial charge on any atom is 0.250 e. The zero-order valence-electron chi connectivity index (χ0n) is 9.40. The van der Waals surface area contributed by atoms with Crippen LogP contribution in [0.2, 0.25) is 0 Å². The molecule has 86 valence electrons. The zero-order chi connectivity index (χ0) is 11.5. The fourth-order valence-corrected chi connectivity index (χ4v) is 2.02. The minimum Gasteiger partial charge on any atom is -0.319 e. The fourth-order valence-electron chi connectivity index (χ4n) is 2.02. The van der Waals surface area contributed by atoms with Gasteiger partial charge in [-0.25, -0.2) is 0 Å². The van der Waals surface area contributed by atoms with Crippen molar-refractivity contribution in [1.82, 2.24) is 9.88 Å². The summed E-state index contributed by atoms with van der Waals surface area (Å²) in [5, 5.41) is 3.22. The van der Waals surface area contributed by atoms with E-state index in [4.69, 9.17) is 0 Å². The highest BCUT2D eigenvalue weighted by molar-refractivity contribution is 5.97. The molecule has 1 N–H and O–H groups in total. The molecule has 0 bridgehead atoms. The van der Waals surface area contributed by atoms with Gasteiger partial charge in [-0.15, -0.1) is 0 Å². The summed E-state index contributed by atoms with van der Waals surface area (Å²) in [7, 11) is 1.68. The van der Waals surface area contributed by atoms with Gasteiger partial charge in [0.05, 0.1) is 0 Å². The molecule has 0 aliphatic carbocycles. The number of pyridine rings is 1. The molecule has 1 aromatic rings. The molecule has 1 fully saturated rings. The van der Waals surface area contributed by atoms with E-state index in [1.807, 2.05) is 0 Å². The summed E-state index contributed by atoms with van der Waals surface area (Å²) in [5.74, 6) is 0.188. The normalized spacial score (nSPS) is 17.3. The Morgan fingerprint density at radius 3 is 2.75 bits per heavy atom. The number of piperidine rings is 1. The van der Waals surface area contributed by atoms with Gasteiger partial charge in [-0.3, -0.25) is 9.59 Å². The topological polar surface area (TPSA) is 51.1 Å². The van der Waals surface area contributed by atoms with Crippen LogP contribution < -0.4 is 10.9 Å². The molecule has 0 spiro atoms. The number of aromatic nitrogens is 1. The summed E-state index contributed by atoms with van der Waals surface area (Å²) < 4.78 is 1.47. The van der Waals surface area contributed by atoms with Crippen LogP contribution in [-0.2, 0) is 7.05 Å². The first-order chi connectivity index (χ1) is 7.68. The fraction of sp³-hybridized carbons (Fsp3) is 0.500. The van der Waals surface area contributed by atoms with Crippen molar-refractivity contribution in [2.45, 2.75) is 12.8 Å². The van der Waals surface area contributed by atoms with Crippen molar-refractivity contribution < 1.29 is 4.79 Å². The van der Waals surface area contributed by atoms with Crippen LogP contribution in [0.25, 0.3) is 0 Å². The smallest absolute Gasteiger partial charge is 0.250 e. The van der Waals surface area contributed by atoms with Gasteiger partial charge >= 0.3 is 0 Å². The first-order valence-electron chi connectivity index (χ1n) is 5.60. The second-order valence-electron chi connectivity index (χ2n) is 4.25. The predicted octanol–water partition coefficient (Wildman–Crippen LogP) is 0.568. The minimum atomic E-state index is -0.125. The third-order valence-electron chi connectivity index (χ3n) is 3.10. The van der Waals surface area contributed by atoms with Crippen molar-refractivity contribution in [3.63, 3.8) is 0 Å². The molecular formula is C12H16N2O2. The van der Waals surface area contributed by atoms with E-state index in [9.17, 15) is 9.59 Å². The molecule has 0 unspecified atom stereocenters. The first-order valence-corrected chi connectivity index (χ1v) is 5.60. The molecule has 0 aromatic carbocycles. The summed E-state index contributed by atoms with van der Waals surface area (Å²) in [4.78, 5) is 23.5. The second-order valence-corrected chi connectivity index (χ2v) is 4.25. The molecule has 1 aliphatic heterocycles.